The fraction of sp³-hybridized carbons (Fsp3) is 0.278. The summed E-state index contributed by atoms with van der Waals surface area (Å²) in [5.41, 5.74) is 0.153. The monoisotopic (exact) mass is 475 g/mol. The van der Waals surface area contributed by atoms with E-state index in [2.05, 4.69) is 19.8 Å². The molecule has 0 saturated carbocycles. The summed E-state index contributed by atoms with van der Waals surface area (Å²) in [6.45, 7) is 1.89. The smallest absolute Gasteiger partial charge is 0.434 e. The van der Waals surface area contributed by atoms with Crippen LogP contribution >= 0.6 is 0 Å². The number of hydrogen-bond donors (Lipinski definition) is 1. The van der Waals surface area contributed by atoms with Crippen molar-refractivity contribution in [1.82, 2.24) is 19.7 Å². The molecule has 0 unspecified atom stereocenters. The number of nitrogens with one attached hydrogen (secondary N) is 1. The first kappa shape index (κ1) is 23.2. The van der Waals surface area contributed by atoms with E-state index in [0.29, 0.717) is 10.9 Å². The predicted octanol–water partition coefficient (Wildman–Crippen LogP) is 3.06. The zero-order valence-corrected chi connectivity index (χ0v) is 17.8. The van der Waals surface area contributed by atoms with Gasteiger partial charge >= 0.3 is 12.2 Å². The molecule has 3 aromatic rings. The Kier molecular flexibility index (Phi) is 6.25. The van der Waals surface area contributed by atoms with Crippen LogP contribution in [0.4, 0.5) is 23.4 Å². The Morgan fingerprint density at radius 3 is 2.44 bits per heavy atom. The predicted molar refractivity (Wildman–Crippen MR) is 103 cm³/mol. The van der Waals surface area contributed by atoms with Crippen LogP contribution in [0.15, 0.2) is 35.4 Å². The summed E-state index contributed by atoms with van der Waals surface area (Å²) in [4.78, 5) is 5.92. The molecule has 0 aliphatic rings. The van der Waals surface area contributed by atoms with Gasteiger partial charge in [-0.25, -0.2) is 17.8 Å². The van der Waals surface area contributed by atoms with Crippen LogP contribution < -0.4 is 14.2 Å². The van der Waals surface area contributed by atoms with E-state index < -0.39 is 44.3 Å². The Bertz CT molecular complexity index is 1230. The minimum absolute atomic E-state index is 0.00719. The number of methoxy groups -OCH3 is 1. The molecule has 0 aliphatic carbocycles. The Hall–Kier alpha value is -3.42. The molecule has 14 heteroatoms. The first-order chi connectivity index (χ1) is 14.9. The molecule has 0 fully saturated rings. The number of ether oxygens (including phenoxy) is 2. The molecule has 0 amide bonds. The molecule has 2 aromatic heterocycles. The number of anilines is 1. The van der Waals surface area contributed by atoms with Gasteiger partial charge in [-0.15, -0.1) is 5.10 Å². The van der Waals surface area contributed by atoms with E-state index in [9.17, 15) is 26.0 Å². The van der Waals surface area contributed by atoms with Crippen molar-refractivity contribution in [2.45, 2.75) is 24.6 Å². The number of sulfonamides is 1. The number of aromatic nitrogens is 4. The van der Waals surface area contributed by atoms with Gasteiger partial charge in [-0.1, -0.05) is 29.8 Å². The average molecular weight is 475 g/mol. The van der Waals surface area contributed by atoms with Crippen LogP contribution in [0.5, 0.6) is 11.9 Å². The Morgan fingerprint density at radius 1 is 1.19 bits per heavy atom. The summed E-state index contributed by atoms with van der Waals surface area (Å²) < 4.78 is 91.9. The minimum atomic E-state index is -5.09. The summed E-state index contributed by atoms with van der Waals surface area (Å²) in [6.07, 6.45) is -4.46. The SMILES string of the molecule is COc1nn(C)c(C(F)(F)F)c1S(=O)(=O)Nc1nc(OCc2ccc(C)cc2)ncc1F. The van der Waals surface area contributed by atoms with E-state index in [-0.39, 0.29) is 12.6 Å². The van der Waals surface area contributed by atoms with Crippen molar-refractivity contribution in [1.29, 1.82) is 0 Å². The third kappa shape index (κ3) is 4.90. The van der Waals surface area contributed by atoms with Crippen molar-refractivity contribution in [3.8, 4) is 11.9 Å². The molecule has 9 nitrogen and oxygen atoms in total. The molecular formula is C18H17F4N5O4S. The highest BCUT2D eigenvalue weighted by molar-refractivity contribution is 7.92. The summed E-state index contributed by atoms with van der Waals surface area (Å²) >= 11 is 0. The van der Waals surface area contributed by atoms with Gasteiger partial charge in [0.15, 0.2) is 22.2 Å². The fourth-order valence-electron chi connectivity index (χ4n) is 2.67. The van der Waals surface area contributed by atoms with E-state index in [0.717, 1.165) is 25.3 Å². The molecule has 0 radical (unpaired) electrons. The number of alkyl halides is 3. The number of rotatable bonds is 7. The third-order valence-electron chi connectivity index (χ3n) is 4.15. The van der Waals surface area contributed by atoms with Crippen LogP contribution in [-0.2, 0) is 29.9 Å². The average Bonchev–Trinajstić information content (AvgIpc) is 3.07. The van der Waals surface area contributed by atoms with Crippen molar-refractivity contribution in [3.63, 3.8) is 0 Å². The molecule has 3 rings (SSSR count). The van der Waals surface area contributed by atoms with Gasteiger partial charge in [0.2, 0.25) is 0 Å². The van der Waals surface area contributed by atoms with Crippen molar-refractivity contribution in [2.24, 2.45) is 7.05 Å². The second-order valence-electron chi connectivity index (χ2n) is 6.54. The van der Waals surface area contributed by atoms with Crippen molar-refractivity contribution >= 4 is 15.8 Å². The van der Waals surface area contributed by atoms with Gasteiger partial charge in [-0.05, 0) is 12.5 Å². The third-order valence-corrected chi connectivity index (χ3v) is 5.51. The molecule has 1 N–H and O–H groups in total. The Morgan fingerprint density at radius 2 is 1.84 bits per heavy atom. The highest BCUT2D eigenvalue weighted by Crippen LogP contribution is 2.39. The molecule has 0 spiro atoms. The summed E-state index contributed by atoms with van der Waals surface area (Å²) in [5, 5.41) is 3.42. The fourth-order valence-corrected chi connectivity index (χ4v) is 4.03. The van der Waals surface area contributed by atoms with Crippen LogP contribution in [0, 0.1) is 12.7 Å². The van der Waals surface area contributed by atoms with Crippen molar-refractivity contribution in [2.75, 3.05) is 11.8 Å². The summed E-state index contributed by atoms with van der Waals surface area (Å²) in [6, 6.07) is 6.83. The van der Waals surface area contributed by atoms with Crippen molar-refractivity contribution in [3.05, 3.63) is 53.1 Å². The maximum absolute atomic E-state index is 14.2. The van der Waals surface area contributed by atoms with Gasteiger partial charge in [0, 0.05) is 7.05 Å². The quantitative estimate of drug-likeness (QED) is 0.523. The highest BCUT2D eigenvalue weighted by Gasteiger charge is 2.44. The molecule has 1 aromatic carbocycles. The van der Waals surface area contributed by atoms with E-state index in [1.807, 2.05) is 19.1 Å². The van der Waals surface area contributed by atoms with Gasteiger partial charge in [-0.3, -0.25) is 9.40 Å². The van der Waals surface area contributed by atoms with E-state index >= 15 is 0 Å². The first-order valence-electron chi connectivity index (χ1n) is 8.84. The highest BCUT2D eigenvalue weighted by atomic mass is 32.2. The largest absolute Gasteiger partial charge is 0.479 e. The summed E-state index contributed by atoms with van der Waals surface area (Å²) in [7, 11) is -3.18. The standard InChI is InChI=1S/C18H17F4N5O4S/c1-10-4-6-11(7-5-10)9-31-17-23-8-12(19)15(24-17)26-32(28,29)13-14(18(20,21)22)27(2)25-16(13)30-3/h4-8H,9H2,1-3H3,(H,23,24,26). The second-order valence-corrected chi connectivity index (χ2v) is 8.16. The lowest BCUT2D eigenvalue weighted by Gasteiger charge is -2.12. The molecule has 0 saturated heterocycles. The van der Waals surface area contributed by atoms with E-state index in [1.54, 1.807) is 16.9 Å². The second kappa shape index (κ2) is 8.61. The number of hydrogen-bond acceptors (Lipinski definition) is 7. The van der Waals surface area contributed by atoms with Gasteiger partial charge < -0.3 is 9.47 Å². The maximum Gasteiger partial charge on any atom is 0.434 e. The Balaban J connectivity index is 1.91. The van der Waals surface area contributed by atoms with Crippen LogP contribution in [0.1, 0.15) is 16.8 Å². The van der Waals surface area contributed by atoms with Gasteiger partial charge in [0.05, 0.1) is 13.3 Å². The van der Waals surface area contributed by atoms with Crippen LogP contribution in [0.25, 0.3) is 0 Å². The van der Waals surface area contributed by atoms with Gasteiger partial charge in [-0.2, -0.15) is 18.2 Å². The molecule has 172 valence electrons. The zero-order chi connectivity index (χ0) is 23.7. The summed E-state index contributed by atoms with van der Waals surface area (Å²) in [5.74, 6) is -2.96. The maximum atomic E-state index is 14.2. The molecular weight excluding hydrogens is 458 g/mol. The van der Waals surface area contributed by atoms with Gasteiger partial charge in [0.25, 0.3) is 15.9 Å². The lowest BCUT2D eigenvalue weighted by molar-refractivity contribution is -0.146. The zero-order valence-electron chi connectivity index (χ0n) is 16.9. The number of nitrogens with zero attached hydrogens (tertiary/aromatic N) is 4. The van der Waals surface area contributed by atoms with E-state index in [4.69, 9.17) is 4.74 Å². The normalized spacial score (nSPS) is 12.0. The minimum Gasteiger partial charge on any atom is -0.479 e. The van der Waals surface area contributed by atoms with Crippen LogP contribution in [0.3, 0.4) is 0 Å². The lowest BCUT2D eigenvalue weighted by Crippen LogP contribution is -2.21. The number of halogens is 4. The first-order valence-corrected chi connectivity index (χ1v) is 10.3. The van der Waals surface area contributed by atoms with Gasteiger partial charge in [0.1, 0.15) is 6.61 Å². The topological polar surface area (TPSA) is 108 Å². The van der Waals surface area contributed by atoms with Crippen LogP contribution in [0.2, 0.25) is 0 Å². The molecule has 0 bridgehead atoms. The van der Waals surface area contributed by atoms with Crippen molar-refractivity contribution < 1.29 is 35.5 Å². The number of aryl methyl sites for hydroxylation is 2. The molecule has 2 heterocycles. The molecule has 32 heavy (non-hydrogen) atoms. The molecule has 0 atom stereocenters. The molecule has 0 aliphatic heterocycles. The number of benzene rings is 1. The van der Waals surface area contributed by atoms with Crippen LogP contribution in [-0.4, -0.2) is 35.3 Å². The Labute approximate surface area is 180 Å². The lowest BCUT2D eigenvalue weighted by atomic mass is 10.2. The van der Waals surface area contributed by atoms with E-state index in [1.165, 1.54) is 0 Å².